The monoisotopic (exact) mass is 403 g/mol. The third-order valence-electron chi connectivity index (χ3n) is 3.98. The van der Waals surface area contributed by atoms with Gasteiger partial charge in [0.25, 0.3) is 0 Å². The largest absolute Gasteiger partial charge is 0.369 e. The third kappa shape index (κ3) is 3.59. The van der Waals surface area contributed by atoms with Crippen molar-refractivity contribution in [3.05, 3.63) is 15.1 Å². The van der Waals surface area contributed by atoms with Crippen LogP contribution in [0.4, 0.5) is 5.82 Å². The Kier molecular flexibility index (Phi) is 5.07. The molecule has 0 unspecified atom stereocenters. The van der Waals surface area contributed by atoms with Gasteiger partial charge in [-0.2, -0.15) is 11.8 Å². The van der Waals surface area contributed by atoms with Gasteiger partial charge in [0.2, 0.25) is 0 Å². The number of hydrogen-bond donors (Lipinski definition) is 1. The van der Waals surface area contributed by atoms with E-state index < -0.39 is 0 Å². The first-order valence-corrected chi connectivity index (χ1v) is 9.82. The van der Waals surface area contributed by atoms with Crippen LogP contribution in [0.15, 0.2) is 0 Å². The number of halogens is 1. The average molecular weight is 403 g/mol. The molecule has 3 nitrogen and oxygen atoms in total. The molecular weight excluding hydrogens is 381 g/mol. The van der Waals surface area contributed by atoms with Crippen molar-refractivity contribution < 1.29 is 0 Å². The minimum atomic E-state index is 0.692. The summed E-state index contributed by atoms with van der Waals surface area (Å²) in [7, 11) is 0. The first-order chi connectivity index (χ1) is 9.78. The molecule has 2 aliphatic rings. The molecule has 1 aromatic heterocycles. The molecule has 110 valence electrons. The van der Waals surface area contributed by atoms with Crippen LogP contribution in [0.3, 0.4) is 0 Å². The van der Waals surface area contributed by atoms with E-state index in [2.05, 4.69) is 46.6 Å². The van der Waals surface area contributed by atoms with Crippen LogP contribution >= 0.6 is 34.4 Å². The van der Waals surface area contributed by atoms with Gasteiger partial charge in [0.15, 0.2) is 0 Å². The normalized spacial score (nSPS) is 19.5. The standard InChI is InChI=1S/C15H22IN3S/c1-2-17-15-13(16)14(10-7-8-10)18-12(19-15)9-20-11-5-3-4-6-11/h10-11H,2-9H2,1H3,(H,17,18,19). The third-order valence-corrected chi connectivity index (χ3v) is 6.41. The topological polar surface area (TPSA) is 37.8 Å². The van der Waals surface area contributed by atoms with Crippen LogP contribution in [-0.2, 0) is 5.75 Å². The lowest BCUT2D eigenvalue weighted by atomic mass is 10.2. The molecule has 0 bridgehead atoms. The second kappa shape index (κ2) is 6.81. The molecule has 1 heterocycles. The Morgan fingerprint density at radius 2 is 1.95 bits per heavy atom. The van der Waals surface area contributed by atoms with Crippen molar-refractivity contribution in [3.8, 4) is 0 Å². The summed E-state index contributed by atoms with van der Waals surface area (Å²) in [6, 6.07) is 0. The van der Waals surface area contributed by atoms with Crippen LogP contribution in [0.25, 0.3) is 0 Å². The van der Waals surface area contributed by atoms with Gasteiger partial charge in [-0.3, -0.25) is 0 Å². The molecule has 0 spiro atoms. The molecule has 0 amide bonds. The van der Waals surface area contributed by atoms with Gasteiger partial charge in [0.05, 0.1) is 15.0 Å². The SMILES string of the molecule is CCNc1nc(CSC2CCCC2)nc(C2CC2)c1I. The van der Waals surface area contributed by atoms with Crippen LogP contribution in [0.5, 0.6) is 0 Å². The van der Waals surface area contributed by atoms with Gasteiger partial charge < -0.3 is 5.32 Å². The van der Waals surface area contributed by atoms with E-state index in [0.717, 1.165) is 29.2 Å². The molecule has 0 aliphatic heterocycles. The van der Waals surface area contributed by atoms with E-state index >= 15 is 0 Å². The summed E-state index contributed by atoms with van der Waals surface area (Å²) in [5, 5.41) is 4.24. The van der Waals surface area contributed by atoms with Crippen LogP contribution in [0.1, 0.15) is 62.9 Å². The number of aromatic nitrogens is 2. The van der Waals surface area contributed by atoms with E-state index in [4.69, 9.17) is 9.97 Å². The molecule has 1 aromatic rings. The number of nitrogens with zero attached hydrogens (tertiary/aromatic N) is 2. The minimum absolute atomic E-state index is 0.692. The van der Waals surface area contributed by atoms with Crippen LogP contribution in [0.2, 0.25) is 0 Å². The van der Waals surface area contributed by atoms with Gasteiger partial charge >= 0.3 is 0 Å². The van der Waals surface area contributed by atoms with Gasteiger partial charge in [0.1, 0.15) is 11.6 Å². The Morgan fingerprint density at radius 1 is 1.20 bits per heavy atom. The van der Waals surface area contributed by atoms with Crippen LogP contribution < -0.4 is 5.32 Å². The summed E-state index contributed by atoms with van der Waals surface area (Å²) in [4.78, 5) is 9.60. The zero-order chi connectivity index (χ0) is 13.9. The molecule has 5 heteroatoms. The van der Waals surface area contributed by atoms with Crippen molar-refractivity contribution >= 4 is 40.2 Å². The lowest BCUT2D eigenvalue weighted by Gasteiger charge is -2.13. The van der Waals surface area contributed by atoms with Gasteiger partial charge in [0, 0.05) is 17.7 Å². The lowest BCUT2D eigenvalue weighted by Crippen LogP contribution is -2.09. The van der Waals surface area contributed by atoms with E-state index in [-0.39, 0.29) is 0 Å². The molecule has 0 radical (unpaired) electrons. The van der Waals surface area contributed by atoms with Gasteiger partial charge in [-0.05, 0) is 55.2 Å². The average Bonchev–Trinajstić information content (AvgIpc) is 3.16. The van der Waals surface area contributed by atoms with E-state index in [1.807, 2.05) is 0 Å². The summed E-state index contributed by atoms with van der Waals surface area (Å²) in [5.41, 5.74) is 1.29. The molecule has 20 heavy (non-hydrogen) atoms. The fourth-order valence-electron chi connectivity index (χ4n) is 2.74. The highest BCUT2D eigenvalue weighted by atomic mass is 127. The number of nitrogens with one attached hydrogen (secondary N) is 1. The second-order valence-electron chi connectivity index (χ2n) is 5.71. The molecule has 0 atom stereocenters. The Balaban J connectivity index is 1.74. The van der Waals surface area contributed by atoms with Crippen molar-refractivity contribution in [3.63, 3.8) is 0 Å². The van der Waals surface area contributed by atoms with E-state index in [9.17, 15) is 0 Å². The second-order valence-corrected chi connectivity index (χ2v) is 8.08. The van der Waals surface area contributed by atoms with Gasteiger partial charge in [-0.15, -0.1) is 0 Å². The quantitative estimate of drug-likeness (QED) is 0.707. The van der Waals surface area contributed by atoms with Crippen molar-refractivity contribution in [2.45, 2.75) is 62.4 Å². The summed E-state index contributed by atoms with van der Waals surface area (Å²) < 4.78 is 1.24. The number of anilines is 1. The Labute approximate surface area is 139 Å². The number of rotatable bonds is 6. The fraction of sp³-hybridized carbons (Fsp3) is 0.733. The highest BCUT2D eigenvalue weighted by molar-refractivity contribution is 14.1. The maximum Gasteiger partial charge on any atom is 0.143 e. The number of hydrogen-bond acceptors (Lipinski definition) is 4. The molecule has 0 aromatic carbocycles. The molecular formula is C15H22IN3S. The molecule has 3 rings (SSSR count). The molecule has 2 aliphatic carbocycles. The van der Waals surface area contributed by atoms with Crippen LogP contribution in [-0.4, -0.2) is 21.8 Å². The van der Waals surface area contributed by atoms with Crippen molar-refractivity contribution in [1.82, 2.24) is 9.97 Å². The Morgan fingerprint density at radius 3 is 2.60 bits per heavy atom. The maximum atomic E-state index is 4.86. The van der Waals surface area contributed by atoms with E-state index in [1.54, 1.807) is 0 Å². The maximum absolute atomic E-state index is 4.86. The minimum Gasteiger partial charge on any atom is -0.369 e. The predicted molar refractivity (Wildman–Crippen MR) is 94.4 cm³/mol. The number of thioether (sulfide) groups is 1. The first kappa shape index (κ1) is 14.9. The van der Waals surface area contributed by atoms with Crippen molar-refractivity contribution in [2.24, 2.45) is 0 Å². The zero-order valence-electron chi connectivity index (χ0n) is 12.0. The van der Waals surface area contributed by atoms with Crippen LogP contribution in [0, 0.1) is 3.57 Å². The molecule has 1 N–H and O–H groups in total. The highest BCUT2D eigenvalue weighted by Crippen LogP contribution is 2.42. The molecule has 0 saturated heterocycles. The fourth-order valence-corrected chi connectivity index (χ4v) is 4.79. The highest BCUT2D eigenvalue weighted by Gasteiger charge is 2.29. The summed E-state index contributed by atoms with van der Waals surface area (Å²) in [5.74, 6) is 3.74. The van der Waals surface area contributed by atoms with E-state index in [1.165, 1.54) is 47.8 Å². The summed E-state index contributed by atoms with van der Waals surface area (Å²) >= 11 is 4.46. The zero-order valence-corrected chi connectivity index (χ0v) is 15.0. The molecule has 2 saturated carbocycles. The summed E-state index contributed by atoms with van der Waals surface area (Å²) in [6.07, 6.45) is 8.17. The van der Waals surface area contributed by atoms with Gasteiger partial charge in [-0.1, -0.05) is 12.8 Å². The predicted octanol–water partition coefficient (Wildman–Crippen LogP) is 4.57. The lowest BCUT2D eigenvalue weighted by molar-refractivity contribution is 0.886. The molecule has 2 fully saturated rings. The van der Waals surface area contributed by atoms with Crippen molar-refractivity contribution in [1.29, 1.82) is 0 Å². The van der Waals surface area contributed by atoms with E-state index in [0.29, 0.717) is 5.92 Å². The Bertz CT molecular complexity index is 470. The van der Waals surface area contributed by atoms with Gasteiger partial charge in [-0.25, -0.2) is 9.97 Å². The first-order valence-electron chi connectivity index (χ1n) is 7.69. The summed E-state index contributed by atoms with van der Waals surface area (Å²) in [6.45, 7) is 3.05. The smallest absolute Gasteiger partial charge is 0.143 e. The van der Waals surface area contributed by atoms with Crippen molar-refractivity contribution in [2.75, 3.05) is 11.9 Å². The Hall–Kier alpha value is -0.0400.